The molecule has 0 saturated heterocycles. The van der Waals surface area contributed by atoms with Crippen molar-refractivity contribution in [2.24, 2.45) is 14.1 Å². The van der Waals surface area contributed by atoms with Crippen molar-refractivity contribution in [2.45, 2.75) is 0 Å². The average Bonchev–Trinajstić information content (AvgIpc) is 3.25. The van der Waals surface area contributed by atoms with E-state index in [-0.39, 0.29) is 5.78 Å². The summed E-state index contributed by atoms with van der Waals surface area (Å²) in [6.07, 6.45) is 3.89. The van der Waals surface area contributed by atoms with E-state index in [1.807, 2.05) is 108 Å². The summed E-state index contributed by atoms with van der Waals surface area (Å²) in [5.41, 5.74) is 5.42. The molecule has 3 nitrogen and oxygen atoms in total. The summed E-state index contributed by atoms with van der Waals surface area (Å²) in [6.45, 7) is 0. The van der Waals surface area contributed by atoms with E-state index in [0.717, 1.165) is 22.3 Å². The zero-order valence-electron chi connectivity index (χ0n) is 14.9. The van der Waals surface area contributed by atoms with Gasteiger partial charge in [-0.05, 0) is 23.3 Å². The monoisotopic (exact) mass is 340 g/mol. The number of carbonyl (C=O) groups excluding carboxylic acids is 1. The van der Waals surface area contributed by atoms with E-state index in [4.69, 9.17) is 0 Å². The van der Waals surface area contributed by atoms with Gasteiger partial charge in [-0.25, -0.2) is 0 Å². The van der Waals surface area contributed by atoms with E-state index < -0.39 is 0 Å². The minimum Gasteiger partial charge on any atom is -0.347 e. The van der Waals surface area contributed by atoms with E-state index in [9.17, 15) is 4.79 Å². The zero-order chi connectivity index (χ0) is 18.1. The van der Waals surface area contributed by atoms with Gasteiger partial charge >= 0.3 is 0 Å². The molecule has 0 saturated carbocycles. The molecule has 4 rings (SSSR count). The first kappa shape index (κ1) is 16.2. The number of nitrogens with zero attached hydrogens (tertiary/aromatic N) is 2. The Hall–Kier alpha value is -3.33. The third-order valence-electron chi connectivity index (χ3n) is 4.75. The minimum absolute atomic E-state index is 0.0303. The van der Waals surface area contributed by atoms with Crippen LogP contribution in [0.1, 0.15) is 16.2 Å². The lowest BCUT2D eigenvalue weighted by Gasteiger charge is -2.11. The van der Waals surface area contributed by atoms with Crippen molar-refractivity contribution in [3.63, 3.8) is 0 Å². The number of aromatic nitrogens is 2. The molecule has 2 heterocycles. The molecule has 0 amide bonds. The van der Waals surface area contributed by atoms with Gasteiger partial charge < -0.3 is 9.13 Å². The van der Waals surface area contributed by atoms with E-state index in [1.165, 1.54) is 0 Å². The Morgan fingerprint density at radius 2 is 1.00 bits per heavy atom. The lowest BCUT2D eigenvalue weighted by Crippen LogP contribution is -2.13. The second-order valence-corrected chi connectivity index (χ2v) is 6.44. The highest BCUT2D eigenvalue weighted by molar-refractivity contribution is 6.14. The van der Waals surface area contributed by atoms with Crippen molar-refractivity contribution in [1.29, 1.82) is 0 Å². The van der Waals surface area contributed by atoms with E-state index >= 15 is 0 Å². The van der Waals surface area contributed by atoms with Crippen LogP contribution in [0.3, 0.4) is 0 Å². The van der Waals surface area contributed by atoms with Crippen LogP contribution in [0.25, 0.3) is 22.3 Å². The van der Waals surface area contributed by atoms with Crippen LogP contribution in [0, 0.1) is 0 Å². The highest BCUT2D eigenvalue weighted by Crippen LogP contribution is 2.31. The number of rotatable bonds is 4. The Bertz CT molecular complexity index is 971. The molecule has 26 heavy (non-hydrogen) atoms. The molecule has 0 aliphatic heterocycles. The number of hydrogen-bond donors (Lipinski definition) is 0. The Morgan fingerprint density at radius 1 is 0.615 bits per heavy atom. The lowest BCUT2D eigenvalue weighted by molar-refractivity contribution is 0.102. The highest BCUT2D eigenvalue weighted by atomic mass is 16.1. The molecule has 2 aromatic heterocycles. The van der Waals surface area contributed by atoms with Crippen molar-refractivity contribution < 1.29 is 4.79 Å². The van der Waals surface area contributed by atoms with Crippen LogP contribution in [-0.2, 0) is 14.1 Å². The fraction of sp³-hybridized carbons (Fsp3) is 0.0870. The first-order valence-electron chi connectivity index (χ1n) is 8.63. The van der Waals surface area contributed by atoms with Gasteiger partial charge in [0.15, 0.2) is 0 Å². The molecule has 3 heteroatoms. The topological polar surface area (TPSA) is 26.9 Å². The Morgan fingerprint density at radius 3 is 1.38 bits per heavy atom. The van der Waals surface area contributed by atoms with Crippen LogP contribution in [0.2, 0.25) is 0 Å². The molecule has 0 atom stereocenters. The molecule has 0 N–H and O–H groups in total. The van der Waals surface area contributed by atoms with Crippen molar-refractivity contribution in [3.8, 4) is 22.3 Å². The molecule has 0 aliphatic rings. The SMILES string of the molecule is Cn1ccc(-c2ccccc2)c1C(=O)c1c(-c2ccccc2)ccn1C. The maximum Gasteiger partial charge on any atom is 0.226 e. The van der Waals surface area contributed by atoms with Gasteiger partial charge in [-0.1, -0.05) is 60.7 Å². The summed E-state index contributed by atoms with van der Waals surface area (Å²) in [5.74, 6) is 0.0303. The van der Waals surface area contributed by atoms with Crippen LogP contribution in [0.5, 0.6) is 0 Å². The predicted octanol–water partition coefficient (Wildman–Crippen LogP) is 4.93. The quantitative estimate of drug-likeness (QED) is 0.484. The molecule has 2 aromatic carbocycles. The molecular weight excluding hydrogens is 320 g/mol. The van der Waals surface area contributed by atoms with Gasteiger partial charge in [-0.2, -0.15) is 0 Å². The minimum atomic E-state index is 0.0303. The number of ketones is 1. The molecule has 0 spiro atoms. The van der Waals surface area contributed by atoms with Crippen LogP contribution in [-0.4, -0.2) is 14.9 Å². The number of hydrogen-bond acceptors (Lipinski definition) is 1. The van der Waals surface area contributed by atoms with E-state index in [1.54, 1.807) is 0 Å². The Balaban J connectivity index is 1.87. The molecule has 0 unspecified atom stereocenters. The first-order chi connectivity index (χ1) is 12.7. The van der Waals surface area contributed by atoms with Gasteiger partial charge in [0.25, 0.3) is 0 Å². The second kappa shape index (κ2) is 6.52. The largest absolute Gasteiger partial charge is 0.347 e. The summed E-state index contributed by atoms with van der Waals surface area (Å²) < 4.78 is 3.82. The van der Waals surface area contributed by atoms with E-state index in [0.29, 0.717) is 11.4 Å². The molecule has 0 radical (unpaired) electrons. The smallest absolute Gasteiger partial charge is 0.226 e. The number of carbonyl (C=O) groups is 1. The normalized spacial score (nSPS) is 10.8. The van der Waals surface area contributed by atoms with Crippen molar-refractivity contribution in [3.05, 3.63) is 96.6 Å². The summed E-state index contributed by atoms with van der Waals surface area (Å²) in [5, 5.41) is 0. The first-order valence-corrected chi connectivity index (χ1v) is 8.63. The maximum atomic E-state index is 13.6. The molecule has 0 bridgehead atoms. The van der Waals surface area contributed by atoms with Crippen molar-refractivity contribution in [2.75, 3.05) is 0 Å². The van der Waals surface area contributed by atoms with Crippen LogP contribution in [0.15, 0.2) is 85.2 Å². The summed E-state index contributed by atoms with van der Waals surface area (Å²) in [7, 11) is 3.84. The van der Waals surface area contributed by atoms with E-state index in [2.05, 4.69) is 0 Å². The van der Waals surface area contributed by atoms with Crippen LogP contribution >= 0.6 is 0 Å². The van der Waals surface area contributed by atoms with Gasteiger partial charge in [-0.3, -0.25) is 4.79 Å². The van der Waals surface area contributed by atoms with Gasteiger partial charge in [0.2, 0.25) is 5.78 Å². The second-order valence-electron chi connectivity index (χ2n) is 6.44. The standard InChI is InChI=1S/C23H20N2O/c1-24-15-13-19(17-9-5-3-6-10-17)21(24)23(26)22-20(14-16-25(22)2)18-11-7-4-8-12-18/h3-16H,1-2H3. The van der Waals surface area contributed by atoms with Gasteiger partial charge in [0.1, 0.15) is 0 Å². The maximum absolute atomic E-state index is 13.6. The number of benzene rings is 2. The van der Waals surface area contributed by atoms with Crippen molar-refractivity contribution >= 4 is 5.78 Å². The summed E-state index contributed by atoms with van der Waals surface area (Å²) in [4.78, 5) is 13.6. The lowest BCUT2D eigenvalue weighted by atomic mass is 9.99. The molecule has 0 fully saturated rings. The van der Waals surface area contributed by atoms with Crippen LogP contribution in [0.4, 0.5) is 0 Å². The fourth-order valence-electron chi connectivity index (χ4n) is 3.44. The molecule has 4 aromatic rings. The van der Waals surface area contributed by atoms with Gasteiger partial charge in [-0.15, -0.1) is 0 Å². The summed E-state index contributed by atoms with van der Waals surface area (Å²) >= 11 is 0. The predicted molar refractivity (Wildman–Crippen MR) is 105 cm³/mol. The highest BCUT2D eigenvalue weighted by Gasteiger charge is 2.24. The number of aryl methyl sites for hydroxylation is 2. The Kier molecular flexibility index (Phi) is 4.05. The molecule has 0 aliphatic carbocycles. The van der Waals surface area contributed by atoms with Gasteiger partial charge in [0, 0.05) is 37.6 Å². The van der Waals surface area contributed by atoms with Crippen molar-refractivity contribution in [1.82, 2.24) is 9.13 Å². The average molecular weight is 340 g/mol. The van der Waals surface area contributed by atoms with Gasteiger partial charge in [0.05, 0.1) is 11.4 Å². The molecular formula is C23H20N2O. The Labute approximate surface area is 153 Å². The fourth-order valence-corrected chi connectivity index (χ4v) is 3.44. The summed E-state index contributed by atoms with van der Waals surface area (Å²) in [6, 6.07) is 24.1. The molecule has 128 valence electrons. The third kappa shape index (κ3) is 2.68. The van der Waals surface area contributed by atoms with Crippen LogP contribution < -0.4 is 0 Å². The third-order valence-corrected chi connectivity index (χ3v) is 4.75. The zero-order valence-corrected chi connectivity index (χ0v) is 14.9.